The number of hydrogen-bond donors (Lipinski definition) is 1. The largest absolute Gasteiger partial charge is 0.358 e. The molecule has 0 amide bonds. The van der Waals surface area contributed by atoms with Crippen LogP contribution in [-0.4, -0.2) is 5.78 Å². The smallest absolute Gasteiger partial charge is 0.187 e. The molecule has 0 atom stereocenters. The Bertz CT molecular complexity index is 914. The van der Waals surface area contributed by atoms with Crippen molar-refractivity contribution in [3.05, 3.63) is 102 Å². The number of hydrogen-bond acceptors (Lipinski definition) is 3. The highest BCUT2D eigenvalue weighted by Gasteiger charge is 2.06. The predicted octanol–water partition coefficient (Wildman–Crippen LogP) is 6.34. The van der Waals surface area contributed by atoms with E-state index < -0.39 is 0 Å². The number of para-hydroxylation sites is 1. The van der Waals surface area contributed by atoms with Gasteiger partial charge in [0.05, 0.1) is 5.69 Å². The number of carbonyl (C=O) groups is 1. The Morgan fingerprint density at radius 3 is 2.27 bits per heavy atom. The van der Waals surface area contributed by atoms with E-state index in [9.17, 15) is 4.79 Å². The van der Waals surface area contributed by atoms with Crippen LogP contribution in [0.3, 0.4) is 0 Å². The van der Waals surface area contributed by atoms with Gasteiger partial charge in [0.2, 0.25) is 0 Å². The zero-order valence-corrected chi connectivity index (χ0v) is 15.7. The summed E-state index contributed by atoms with van der Waals surface area (Å²) in [4.78, 5) is 14.6. The quantitative estimate of drug-likeness (QED) is 0.411. The molecule has 0 fully saturated rings. The van der Waals surface area contributed by atoms with Crippen LogP contribution in [0, 0.1) is 6.92 Å². The summed E-state index contributed by atoms with van der Waals surface area (Å²) in [6.07, 6.45) is 1.64. The number of benzene rings is 3. The summed E-state index contributed by atoms with van der Waals surface area (Å²) < 4.78 is 0. The van der Waals surface area contributed by atoms with Crippen LogP contribution in [0.2, 0.25) is 0 Å². The van der Waals surface area contributed by atoms with Gasteiger partial charge in [-0.25, -0.2) is 0 Å². The first-order valence-electron chi connectivity index (χ1n) is 8.50. The monoisotopic (exact) mass is 359 g/mol. The second kappa shape index (κ2) is 8.54. The maximum atomic E-state index is 12.3. The highest BCUT2D eigenvalue weighted by atomic mass is 32.2. The van der Waals surface area contributed by atoms with Crippen LogP contribution in [0.1, 0.15) is 22.8 Å². The molecule has 0 aliphatic rings. The van der Waals surface area contributed by atoms with E-state index >= 15 is 0 Å². The van der Waals surface area contributed by atoms with E-state index in [1.807, 2.05) is 55.5 Å². The van der Waals surface area contributed by atoms with Crippen molar-refractivity contribution < 1.29 is 4.79 Å². The molecule has 0 spiro atoms. The molecule has 0 heterocycles. The minimum atomic E-state index is -0.000677. The predicted molar refractivity (Wildman–Crippen MR) is 110 cm³/mol. The topological polar surface area (TPSA) is 29.1 Å². The standard InChI is InChI=1S/C23H21NOS/c1-17-12-14-20(15-13-17)26-23-11-7-6-10-21(23)24-18(2)16-22(25)19-8-4-3-5-9-19/h3-16,24H,1-2H3/b18-16-. The second-order valence-corrected chi connectivity index (χ2v) is 7.21. The lowest BCUT2D eigenvalue weighted by Crippen LogP contribution is -2.02. The summed E-state index contributed by atoms with van der Waals surface area (Å²) in [5.74, 6) is -0.000677. The summed E-state index contributed by atoms with van der Waals surface area (Å²) >= 11 is 1.71. The number of nitrogens with one attached hydrogen (secondary N) is 1. The molecule has 3 rings (SSSR count). The Balaban J connectivity index is 1.76. The summed E-state index contributed by atoms with van der Waals surface area (Å²) in [6, 6.07) is 25.9. The molecule has 0 aromatic heterocycles. The highest BCUT2D eigenvalue weighted by Crippen LogP contribution is 2.34. The maximum absolute atomic E-state index is 12.3. The van der Waals surface area contributed by atoms with Gasteiger partial charge in [-0.1, -0.05) is 71.9 Å². The minimum Gasteiger partial charge on any atom is -0.358 e. The molecule has 3 heteroatoms. The van der Waals surface area contributed by atoms with Gasteiger partial charge in [0, 0.05) is 27.1 Å². The van der Waals surface area contributed by atoms with Crippen molar-refractivity contribution in [2.24, 2.45) is 0 Å². The first-order chi connectivity index (χ1) is 12.6. The Kier molecular flexibility index (Phi) is 5.92. The average Bonchev–Trinajstić information content (AvgIpc) is 2.66. The molecule has 26 heavy (non-hydrogen) atoms. The molecule has 1 N–H and O–H groups in total. The van der Waals surface area contributed by atoms with Gasteiger partial charge in [-0.15, -0.1) is 0 Å². The molecule has 0 saturated carbocycles. The second-order valence-electron chi connectivity index (χ2n) is 6.09. The Morgan fingerprint density at radius 1 is 0.885 bits per heavy atom. The van der Waals surface area contributed by atoms with Gasteiger partial charge in [-0.05, 0) is 38.1 Å². The summed E-state index contributed by atoms with van der Waals surface area (Å²) in [5, 5.41) is 3.36. The molecule has 0 unspecified atom stereocenters. The number of ketones is 1. The van der Waals surface area contributed by atoms with Gasteiger partial charge < -0.3 is 5.32 Å². The molecule has 3 aromatic rings. The molecular formula is C23H21NOS. The van der Waals surface area contributed by atoms with E-state index in [0.29, 0.717) is 5.56 Å². The Labute approximate surface area is 159 Å². The third kappa shape index (κ3) is 4.87. The summed E-state index contributed by atoms with van der Waals surface area (Å²) in [5.41, 5.74) is 3.75. The van der Waals surface area contributed by atoms with E-state index in [4.69, 9.17) is 0 Å². The van der Waals surface area contributed by atoms with Crippen molar-refractivity contribution >= 4 is 23.2 Å². The zero-order chi connectivity index (χ0) is 18.4. The lowest BCUT2D eigenvalue weighted by molar-refractivity contribution is 0.104. The van der Waals surface area contributed by atoms with Crippen LogP contribution in [0.25, 0.3) is 0 Å². The van der Waals surface area contributed by atoms with Crippen molar-refractivity contribution in [1.82, 2.24) is 0 Å². The number of anilines is 1. The van der Waals surface area contributed by atoms with Crippen LogP contribution in [-0.2, 0) is 0 Å². The third-order valence-corrected chi connectivity index (χ3v) is 4.96. The fraction of sp³-hybridized carbons (Fsp3) is 0.0870. The Hall–Kier alpha value is -2.78. The normalized spacial score (nSPS) is 11.2. The molecule has 0 aliphatic carbocycles. The first kappa shape index (κ1) is 18.0. The van der Waals surface area contributed by atoms with Crippen molar-refractivity contribution in [2.45, 2.75) is 23.6 Å². The van der Waals surface area contributed by atoms with Crippen LogP contribution >= 0.6 is 11.8 Å². The summed E-state index contributed by atoms with van der Waals surface area (Å²) in [6.45, 7) is 4.00. The van der Waals surface area contributed by atoms with Crippen molar-refractivity contribution in [3.63, 3.8) is 0 Å². The van der Waals surface area contributed by atoms with Gasteiger partial charge in [-0.2, -0.15) is 0 Å². The van der Waals surface area contributed by atoms with Crippen LogP contribution in [0.15, 0.2) is 100 Å². The van der Waals surface area contributed by atoms with Gasteiger partial charge in [0.25, 0.3) is 0 Å². The molecule has 0 aliphatic heterocycles. The number of aryl methyl sites for hydroxylation is 1. The minimum absolute atomic E-state index is 0.000677. The van der Waals surface area contributed by atoms with Crippen molar-refractivity contribution in [2.75, 3.05) is 5.32 Å². The number of carbonyl (C=O) groups excluding carboxylic acids is 1. The molecule has 2 nitrogen and oxygen atoms in total. The average molecular weight is 359 g/mol. The van der Waals surface area contributed by atoms with Crippen LogP contribution in [0.5, 0.6) is 0 Å². The number of allylic oxidation sites excluding steroid dienone is 2. The van der Waals surface area contributed by atoms with E-state index in [1.165, 1.54) is 10.5 Å². The van der Waals surface area contributed by atoms with Gasteiger partial charge in [0.1, 0.15) is 0 Å². The SMILES string of the molecule is C/C(=C/C(=O)c1ccccc1)Nc1ccccc1Sc1ccc(C)cc1. The fourth-order valence-corrected chi connectivity index (χ4v) is 3.42. The van der Waals surface area contributed by atoms with Crippen LogP contribution in [0.4, 0.5) is 5.69 Å². The lowest BCUT2D eigenvalue weighted by atomic mass is 10.1. The van der Waals surface area contributed by atoms with Crippen molar-refractivity contribution in [3.8, 4) is 0 Å². The van der Waals surface area contributed by atoms with Crippen molar-refractivity contribution in [1.29, 1.82) is 0 Å². The third-order valence-electron chi connectivity index (χ3n) is 3.87. The van der Waals surface area contributed by atoms with E-state index in [-0.39, 0.29) is 5.78 Å². The first-order valence-corrected chi connectivity index (χ1v) is 9.32. The maximum Gasteiger partial charge on any atom is 0.187 e. The molecule has 3 aromatic carbocycles. The van der Waals surface area contributed by atoms with Gasteiger partial charge in [-0.3, -0.25) is 4.79 Å². The van der Waals surface area contributed by atoms with Gasteiger partial charge in [0.15, 0.2) is 5.78 Å². The van der Waals surface area contributed by atoms with Gasteiger partial charge >= 0.3 is 0 Å². The van der Waals surface area contributed by atoms with Crippen LogP contribution < -0.4 is 5.32 Å². The molecule has 130 valence electrons. The molecule has 0 radical (unpaired) electrons. The fourth-order valence-electron chi connectivity index (χ4n) is 2.52. The molecular weight excluding hydrogens is 338 g/mol. The number of rotatable bonds is 6. The van der Waals surface area contributed by atoms with E-state index in [0.717, 1.165) is 16.3 Å². The van der Waals surface area contributed by atoms with E-state index in [1.54, 1.807) is 17.8 Å². The molecule has 0 bridgehead atoms. The highest BCUT2D eigenvalue weighted by molar-refractivity contribution is 7.99. The lowest BCUT2D eigenvalue weighted by Gasteiger charge is -2.12. The molecule has 0 saturated heterocycles. The summed E-state index contributed by atoms with van der Waals surface area (Å²) in [7, 11) is 0. The zero-order valence-electron chi connectivity index (χ0n) is 14.9. The van der Waals surface area contributed by atoms with E-state index in [2.05, 4.69) is 42.6 Å². The Morgan fingerprint density at radius 2 is 1.54 bits per heavy atom.